The molecular weight excluding hydrogens is 384 g/mol. The van der Waals surface area contributed by atoms with Gasteiger partial charge in [-0.15, -0.1) is 0 Å². The van der Waals surface area contributed by atoms with E-state index in [0.717, 1.165) is 35.3 Å². The summed E-state index contributed by atoms with van der Waals surface area (Å²) in [5.74, 6) is 0.588. The summed E-state index contributed by atoms with van der Waals surface area (Å²) in [4.78, 5) is 12.1. The molecule has 1 fully saturated rings. The van der Waals surface area contributed by atoms with Crippen LogP contribution in [0.1, 0.15) is 18.4 Å². The molecule has 1 aliphatic rings. The molecule has 0 bridgehead atoms. The van der Waals surface area contributed by atoms with Crippen LogP contribution in [0.4, 0.5) is 0 Å². The van der Waals surface area contributed by atoms with Crippen LogP contribution in [0.5, 0.6) is 0 Å². The van der Waals surface area contributed by atoms with Gasteiger partial charge in [-0.25, -0.2) is 18.2 Å². The van der Waals surface area contributed by atoms with Crippen molar-refractivity contribution in [2.45, 2.75) is 30.3 Å². The fourth-order valence-corrected chi connectivity index (χ4v) is 4.84. The molecule has 0 radical (unpaired) electrons. The Hall–Kier alpha value is -1.87. The third-order valence-electron chi connectivity index (χ3n) is 4.55. The molecule has 0 aromatic heterocycles. The van der Waals surface area contributed by atoms with Gasteiger partial charge in [-0.05, 0) is 41.7 Å². The van der Waals surface area contributed by atoms with Crippen LogP contribution in [-0.4, -0.2) is 41.9 Å². The van der Waals surface area contributed by atoms with Gasteiger partial charge in [0, 0.05) is 18.6 Å². The molecule has 1 atom stereocenters. The van der Waals surface area contributed by atoms with Crippen molar-refractivity contribution < 1.29 is 18.4 Å². The quantitative estimate of drug-likeness (QED) is 0.451. The van der Waals surface area contributed by atoms with Gasteiger partial charge >= 0.3 is 0 Å². The molecule has 1 amide bonds. The van der Waals surface area contributed by atoms with Crippen LogP contribution in [0, 0.1) is 0 Å². The van der Waals surface area contributed by atoms with Gasteiger partial charge in [0.25, 0.3) is 5.91 Å². The SMILES string of the molecule is CS(=O)(=O)c1ccc(-c2ccc(CN3SCCC[C@@H]3C(=O)NO)cc2)cc1. The molecule has 1 heterocycles. The molecule has 0 aliphatic carbocycles. The first-order chi connectivity index (χ1) is 12.9. The second kappa shape index (κ2) is 8.43. The molecule has 1 aliphatic heterocycles. The van der Waals surface area contributed by atoms with Gasteiger partial charge < -0.3 is 0 Å². The Kier molecular flexibility index (Phi) is 6.21. The molecule has 27 heavy (non-hydrogen) atoms. The molecule has 144 valence electrons. The summed E-state index contributed by atoms with van der Waals surface area (Å²) in [5, 5.41) is 8.93. The number of amides is 1. The number of hydrogen-bond acceptors (Lipinski definition) is 6. The maximum Gasteiger partial charge on any atom is 0.261 e. The number of hydroxylamine groups is 1. The van der Waals surface area contributed by atoms with E-state index in [4.69, 9.17) is 5.21 Å². The summed E-state index contributed by atoms with van der Waals surface area (Å²) in [6.45, 7) is 0.607. The number of rotatable bonds is 5. The van der Waals surface area contributed by atoms with Gasteiger partial charge in [-0.1, -0.05) is 48.3 Å². The predicted octanol–water partition coefficient (Wildman–Crippen LogP) is 2.88. The highest BCUT2D eigenvalue weighted by Crippen LogP contribution is 2.29. The average Bonchev–Trinajstić information content (AvgIpc) is 2.68. The number of nitrogens with one attached hydrogen (secondary N) is 1. The Bertz CT molecular complexity index is 896. The van der Waals surface area contributed by atoms with Crippen molar-refractivity contribution in [2.24, 2.45) is 0 Å². The first-order valence-corrected chi connectivity index (χ1v) is 11.4. The van der Waals surface area contributed by atoms with Crippen molar-refractivity contribution in [3.63, 3.8) is 0 Å². The van der Waals surface area contributed by atoms with E-state index < -0.39 is 9.84 Å². The second-order valence-corrected chi connectivity index (χ2v) is 9.69. The molecule has 6 nitrogen and oxygen atoms in total. The summed E-state index contributed by atoms with van der Waals surface area (Å²) in [6, 6.07) is 14.5. The van der Waals surface area contributed by atoms with Crippen LogP contribution in [0.25, 0.3) is 11.1 Å². The molecule has 0 saturated carbocycles. The van der Waals surface area contributed by atoms with Crippen molar-refractivity contribution in [3.8, 4) is 11.1 Å². The lowest BCUT2D eigenvalue weighted by Crippen LogP contribution is -2.44. The van der Waals surface area contributed by atoms with E-state index in [1.165, 1.54) is 6.26 Å². The van der Waals surface area contributed by atoms with E-state index in [1.807, 2.05) is 28.6 Å². The first-order valence-electron chi connectivity index (χ1n) is 8.61. The van der Waals surface area contributed by atoms with Crippen LogP contribution < -0.4 is 5.48 Å². The Balaban J connectivity index is 1.72. The topological polar surface area (TPSA) is 86.7 Å². The Morgan fingerprint density at radius 1 is 1.15 bits per heavy atom. The van der Waals surface area contributed by atoms with Crippen molar-refractivity contribution >= 4 is 27.7 Å². The fraction of sp³-hybridized carbons (Fsp3) is 0.316. The molecule has 2 aromatic rings. The highest BCUT2D eigenvalue weighted by Gasteiger charge is 2.29. The van der Waals surface area contributed by atoms with E-state index in [0.29, 0.717) is 11.4 Å². The monoisotopic (exact) mass is 406 g/mol. The zero-order chi connectivity index (χ0) is 19.4. The highest BCUT2D eigenvalue weighted by atomic mass is 32.2. The second-order valence-electron chi connectivity index (χ2n) is 6.54. The molecule has 0 spiro atoms. The lowest BCUT2D eigenvalue weighted by Gasteiger charge is -2.32. The molecule has 2 N–H and O–H groups in total. The zero-order valence-electron chi connectivity index (χ0n) is 15.0. The first kappa shape index (κ1) is 19.9. The van der Waals surface area contributed by atoms with Crippen molar-refractivity contribution in [3.05, 3.63) is 54.1 Å². The number of nitrogens with zero attached hydrogens (tertiary/aromatic N) is 1. The minimum absolute atomic E-state index is 0.304. The standard InChI is InChI=1S/C19H22N2O4S2/c1-27(24,25)17-10-8-16(9-11-17)15-6-4-14(5-7-15)13-21-18(19(22)20-23)3-2-12-26-21/h4-11,18,23H,2-3,12-13H2,1H3,(H,20,22)/t18-/m1/s1. The number of carbonyl (C=O) groups excluding carboxylic acids is 1. The minimum Gasteiger partial charge on any atom is -0.289 e. The smallest absolute Gasteiger partial charge is 0.261 e. The summed E-state index contributed by atoms with van der Waals surface area (Å²) >= 11 is 1.62. The lowest BCUT2D eigenvalue weighted by atomic mass is 10.0. The number of hydrogen-bond donors (Lipinski definition) is 2. The van der Waals surface area contributed by atoms with Crippen LogP contribution >= 0.6 is 11.9 Å². The van der Waals surface area contributed by atoms with Gasteiger partial charge in [0.15, 0.2) is 9.84 Å². The maximum atomic E-state index is 11.8. The highest BCUT2D eigenvalue weighted by molar-refractivity contribution is 7.97. The largest absolute Gasteiger partial charge is 0.289 e. The van der Waals surface area contributed by atoms with Crippen LogP contribution in [0.2, 0.25) is 0 Å². The fourth-order valence-electron chi connectivity index (χ4n) is 3.06. The summed E-state index contributed by atoms with van der Waals surface area (Å²) < 4.78 is 25.1. The third-order valence-corrected chi connectivity index (χ3v) is 6.86. The molecule has 0 unspecified atom stereocenters. The Morgan fingerprint density at radius 2 is 1.74 bits per heavy atom. The molecule has 2 aromatic carbocycles. The normalized spacial score (nSPS) is 18.2. The van der Waals surface area contributed by atoms with E-state index in [1.54, 1.807) is 41.7 Å². The maximum absolute atomic E-state index is 11.8. The Labute approximate surface area is 163 Å². The van der Waals surface area contributed by atoms with E-state index in [9.17, 15) is 13.2 Å². The minimum atomic E-state index is -3.20. The Morgan fingerprint density at radius 3 is 2.30 bits per heavy atom. The summed E-state index contributed by atoms with van der Waals surface area (Å²) in [6.07, 6.45) is 2.87. The summed E-state index contributed by atoms with van der Waals surface area (Å²) in [5.41, 5.74) is 4.76. The average molecular weight is 407 g/mol. The summed E-state index contributed by atoms with van der Waals surface area (Å²) in [7, 11) is -3.20. The van der Waals surface area contributed by atoms with E-state index >= 15 is 0 Å². The van der Waals surface area contributed by atoms with Gasteiger partial charge in [-0.3, -0.25) is 10.0 Å². The molecule has 1 saturated heterocycles. The van der Waals surface area contributed by atoms with Crippen molar-refractivity contribution in [2.75, 3.05) is 12.0 Å². The molecule has 8 heteroatoms. The van der Waals surface area contributed by atoms with Gasteiger partial charge in [-0.2, -0.15) is 0 Å². The zero-order valence-corrected chi connectivity index (χ0v) is 16.6. The van der Waals surface area contributed by atoms with Crippen LogP contribution in [0.3, 0.4) is 0 Å². The molecule has 3 rings (SSSR count). The number of carbonyl (C=O) groups is 1. The van der Waals surface area contributed by atoms with Crippen LogP contribution in [-0.2, 0) is 21.2 Å². The third kappa shape index (κ3) is 4.90. The van der Waals surface area contributed by atoms with Crippen molar-refractivity contribution in [1.29, 1.82) is 0 Å². The molecular formula is C19H22N2O4S2. The predicted molar refractivity (Wildman–Crippen MR) is 106 cm³/mol. The van der Waals surface area contributed by atoms with E-state index in [2.05, 4.69) is 0 Å². The van der Waals surface area contributed by atoms with E-state index in [-0.39, 0.29) is 11.9 Å². The van der Waals surface area contributed by atoms with Gasteiger partial charge in [0.05, 0.1) is 4.90 Å². The van der Waals surface area contributed by atoms with Gasteiger partial charge in [0.1, 0.15) is 6.04 Å². The van der Waals surface area contributed by atoms with Crippen molar-refractivity contribution in [1.82, 2.24) is 9.79 Å². The number of sulfone groups is 1. The number of benzene rings is 2. The van der Waals surface area contributed by atoms with Gasteiger partial charge in [0.2, 0.25) is 0 Å². The lowest BCUT2D eigenvalue weighted by molar-refractivity contribution is -0.133. The van der Waals surface area contributed by atoms with Crippen LogP contribution in [0.15, 0.2) is 53.4 Å².